The Bertz CT molecular complexity index is 447. The van der Waals surface area contributed by atoms with Crippen LogP contribution in [0.25, 0.3) is 0 Å². The molecule has 0 saturated carbocycles. The molecule has 0 aromatic heterocycles. The number of methoxy groups -OCH3 is 1. The first-order chi connectivity index (χ1) is 8.81. The molecule has 0 saturated heterocycles. The SMILES string of the molecule is COc1ccc(N)cc1CNC(=O)CCC(F)(F)F. The van der Waals surface area contributed by atoms with Gasteiger partial charge in [-0.15, -0.1) is 0 Å². The average molecular weight is 276 g/mol. The van der Waals surface area contributed by atoms with Gasteiger partial charge in [0, 0.05) is 24.2 Å². The van der Waals surface area contributed by atoms with Crippen LogP contribution in [0.3, 0.4) is 0 Å². The molecule has 3 N–H and O–H groups in total. The highest BCUT2D eigenvalue weighted by Gasteiger charge is 2.27. The third-order valence-electron chi connectivity index (χ3n) is 2.42. The predicted octanol–water partition coefficient (Wildman–Crippen LogP) is 2.24. The Hall–Kier alpha value is -1.92. The lowest BCUT2D eigenvalue weighted by molar-refractivity contribution is -0.144. The van der Waals surface area contributed by atoms with Crippen LogP contribution in [0.15, 0.2) is 18.2 Å². The summed E-state index contributed by atoms with van der Waals surface area (Å²) in [5.41, 5.74) is 6.69. The van der Waals surface area contributed by atoms with Gasteiger partial charge in [0.15, 0.2) is 0 Å². The number of carbonyl (C=O) groups excluding carboxylic acids is 1. The molecule has 0 atom stereocenters. The Morgan fingerprint density at radius 2 is 2.11 bits per heavy atom. The zero-order valence-electron chi connectivity index (χ0n) is 10.4. The topological polar surface area (TPSA) is 64.3 Å². The molecule has 1 aromatic rings. The molecule has 4 nitrogen and oxygen atoms in total. The van der Waals surface area contributed by atoms with Crippen molar-refractivity contribution in [2.45, 2.75) is 25.6 Å². The van der Waals surface area contributed by atoms with Crippen LogP contribution in [-0.2, 0) is 11.3 Å². The molecule has 0 aliphatic rings. The molecule has 7 heteroatoms. The number of nitrogen functional groups attached to an aromatic ring is 1. The zero-order chi connectivity index (χ0) is 14.5. The van der Waals surface area contributed by atoms with E-state index in [1.165, 1.54) is 7.11 Å². The van der Waals surface area contributed by atoms with Gasteiger partial charge in [0.2, 0.25) is 5.91 Å². The molecule has 1 rings (SSSR count). The van der Waals surface area contributed by atoms with E-state index in [4.69, 9.17) is 10.5 Å². The summed E-state index contributed by atoms with van der Waals surface area (Å²) >= 11 is 0. The second-order valence-electron chi connectivity index (χ2n) is 3.96. The monoisotopic (exact) mass is 276 g/mol. The van der Waals surface area contributed by atoms with Crippen molar-refractivity contribution in [3.8, 4) is 5.75 Å². The number of nitrogens with one attached hydrogen (secondary N) is 1. The lowest BCUT2D eigenvalue weighted by atomic mass is 10.1. The highest BCUT2D eigenvalue weighted by molar-refractivity contribution is 5.76. The summed E-state index contributed by atoms with van der Waals surface area (Å²) in [4.78, 5) is 11.3. The summed E-state index contributed by atoms with van der Waals surface area (Å²) < 4.78 is 40.9. The van der Waals surface area contributed by atoms with E-state index in [0.29, 0.717) is 17.0 Å². The van der Waals surface area contributed by atoms with Gasteiger partial charge < -0.3 is 15.8 Å². The van der Waals surface area contributed by atoms with E-state index < -0.39 is 24.9 Å². The standard InChI is InChI=1S/C12H15F3N2O2/c1-19-10-3-2-9(16)6-8(10)7-17-11(18)4-5-12(13,14)15/h2-3,6H,4-5,7,16H2,1H3,(H,17,18). The fourth-order valence-electron chi connectivity index (χ4n) is 1.47. The van der Waals surface area contributed by atoms with Gasteiger partial charge >= 0.3 is 6.18 Å². The van der Waals surface area contributed by atoms with E-state index in [2.05, 4.69) is 5.32 Å². The smallest absolute Gasteiger partial charge is 0.389 e. The molecule has 1 aromatic carbocycles. The maximum absolute atomic E-state index is 11.9. The van der Waals surface area contributed by atoms with Crippen LogP contribution in [0, 0.1) is 0 Å². The minimum absolute atomic E-state index is 0.0743. The zero-order valence-corrected chi connectivity index (χ0v) is 10.4. The largest absolute Gasteiger partial charge is 0.496 e. The third kappa shape index (κ3) is 5.50. The maximum Gasteiger partial charge on any atom is 0.389 e. The number of hydrogen-bond acceptors (Lipinski definition) is 3. The summed E-state index contributed by atoms with van der Waals surface area (Å²) in [5.74, 6) is -0.146. The van der Waals surface area contributed by atoms with E-state index >= 15 is 0 Å². The summed E-state index contributed by atoms with van der Waals surface area (Å²) in [7, 11) is 1.46. The van der Waals surface area contributed by atoms with Crippen LogP contribution in [0.5, 0.6) is 5.75 Å². The summed E-state index contributed by atoms with van der Waals surface area (Å²) in [5, 5.41) is 2.40. The van der Waals surface area contributed by atoms with Gasteiger partial charge in [-0.2, -0.15) is 13.2 Å². The summed E-state index contributed by atoms with van der Waals surface area (Å²) in [6.07, 6.45) is -6.05. The van der Waals surface area contributed by atoms with Gasteiger partial charge in [0.25, 0.3) is 0 Å². The molecule has 1 amide bonds. The number of amides is 1. The number of anilines is 1. The average Bonchev–Trinajstić information content (AvgIpc) is 2.33. The van der Waals surface area contributed by atoms with E-state index in [1.807, 2.05) is 0 Å². The highest BCUT2D eigenvalue weighted by atomic mass is 19.4. The molecule has 0 bridgehead atoms. The number of nitrogens with two attached hydrogens (primary N) is 1. The number of rotatable bonds is 5. The van der Waals surface area contributed by atoms with Crippen molar-refractivity contribution in [3.63, 3.8) is 0 Å². The van der Waals surface area contributed by atoms with E-state index in [-0.39, 0.29) is 6.54 Å². The predicted molar refractivity (Wildman–Crippen MR) is 64.5 cm³/mol. The van der Waals surface area contributed by atoms with Crippen LogP contribution in [-0.4, -0.2) is 19.2 Å². The first kappa shape index (κ1) is 15.1. The van der Waals surface area contributed by atoms with Crippen molar-refractivity contribution in [1.29, 1.82) is 0 Å². The van der Waals surface area contributed by atoms with Crippen LogP contribution < -0.4 is 15.8 Å². The summed E-state index contributed by atoms with van der Waals surface area (Å²) in [6, 6.07) is 4.86. The van der Waals surface area contributed by atoms with Crippen molar-refractivity contribution < 1.29 is 22.7 Å². The highest BCUT2D eigenvalue weighted by Crippen LogP contribution is 2.22. The van der Waals surface area contributed by atoms with Crippen molar-refractivity contribution in [1.82, 2.24) is 5.32 Å². The Kier molecular flexibility index (Phi) is 5.02. The Morgan fingerprint density at radius 1 is 1.42 bits per heavy atom. The van der Waals surface area contributed by atoms with E-state index in [0.717, 1.165) is 0 Å². The Morgan fingerprint density at radius 3 is 2.68 bits per heavy atom. The van der Waals surface area contributed by atoms with Crippen LogP contribution in [0.1, 0.15) is 18.4 Å². The molecule has 0 spiro atoms. The number of halogens is 3. The molecule has 0 heterocycles. The molecule has 19 heavy (non-hydrogen) atoms. The van der Waals surface area contributed by atoms with Crippen molar-refractivity contribution in [3.05, 3.63) is 23.8 Å². The van der Waals surface area contributed by atoms with Crippen molar-refractivity contribution >= 4 is 11.6 Å². The van der Waals surface area contributed by atoms with Crippen molar-refractivity contribution in [2.75, 3.05) is 12.8 Å². The lowest BCUT2D eigenvalue weighted by Gasteiger charge is -2.11. The van der Waals surface area contributed by atoms with Crippen LogP contribution in [0.2, 0.25) is 0 Å². The second-order valence-corrected chi connectivity index (χ2v) is 3.96. The van der Waals surface area contributed by atoms with Crippen LogP contribution in [0.4, 0.5) is 18.9 Å². The number of alkyl halides is 3. The van der Waals surface area contributed by atoms with Gasteiger partial charge in [-0.05, 0) is 18.2 Å². The van der Waals surface area contributed by atoms with Gasteiger partial charge in [-0.3, -0.25) is 4.79 Å². The van der Waals surface area contributed by atoms with E-state index in [1.54, 1.807) is 18.2 Å². The molecular weight excluding hydrogens is 261 g/mol. The fourth-order valence-corrected chi connectivity index (χ4v) is 1.47. The Labute approximate surface area is 108 Å². The van der Waals surface area contributed by atoms with Gasteiger partial charge in [0.05, 0.1) is 13.5 Å². The second kappa shape index (κ2) is 6.31. The minimum Gasteiger partial charge on any atom is -0.496 e. The minimum atomic E-state index is -4.33. The molecule has 0 fully saturated rings. The first-order valence-electron chi connectivity index (χ1n) is 5.57. The first-order valence-corrected chi connectivity index (χ1v) is 5.57. The lowest BCUT2D eigenvalue weighted by Crippen LogP contribution is -2.24. The summed E-state index contributed by atoms with van der Waals surface area (Å²) in [6.45, 7) is 0.0743. The van der Waals surface area contributed by atoms with Crippen molar-refractivity contribution in [2.24, 2.45) is 0 Å². The number of ether oxygens (including phenoxy) is 1. The van der Waals surface area contributed by atoms with Gasteiger partial charge in [-0.25, -0.2) is 0 Å². The van der Waals surface area contributed by atoms with Crippen LogP contribution >= 0.6 is 0 Å². The maximum atomic E-state index is 11.9. The fraction of sp³-hybridized carbons (Fsp3) is 0.417. The Balaban J connectivity index is 2.52. The number of benzene rings is 1. The molecule has 106 valence electrons. The molecule has 0 aliphatic carbocycles. The molecule has 0 radical (unpaired) electrons. The quantitative estimate of drug-likeness (QED) is 0.811. The third-order valence-corrected chi connectivity index (χ3v) is 2.42. The number of hydrogen-bond donors (Lipinski definition) is 2. The van der Waals surface area contributed by atoms with Gasteiger partial charge in [0.1, 0.15) is 5.75 Å². The molecular formula is C12H15F3N2O2. The normalized spacial score (nSPS) is 11.2. The van der Waals surface area contributed by atoms with E-state index in [9.17, 15) is 18.0 Å². The number of carbonyl (C=O) groups is 1. The van der Waals surface area contributed by atoms with Gasteiger partial charge in [-0.1, -0.05) is 0 Å². The molecule has 0 aliphatic heterocycles. The molecule has 0 unspecified atom stereocenters.